The Hall–Kier alpha value is -1.23. The van der Waals surface area contributed by atoms with Crippen LogP contribution in [0, 0.1) is 0 Å². The highest BCUT2D eigenvalue weighted by atomic mass is 32.2. The second kappa shape index (κ2) is 8.80. The number of hydrogen-bond acceptors (Lipinski definition) is 4. The average Bonchev–Trinajstić information content (AvgIpc) is 2.41. The van der Waals surface area contributed by atoms with Crippen LogP contribution in [0.25, 0.3) is 0 Å². The summed E-state index contributed by atoms with van der Waals surface area (Å²) in [6, 6.07) is 3.67. The van der Waals surface area contributed by atoms with Gasteiger partial charge in [-0.1, -0.05) is 6.92 Å². The van der Waals surface area contributed by atoms with Crippen molar-refractivity contribution >= 4 is 23.4 Å². The first kappa shape index (κ1) is 14.8. The maximum absolute atomic E-state index is 11.8. The molecule has 0 fully saturated rings. The minimum atomic E-state index is -0.101. The van der Waals surface area contributed by atoms with Gasteiger partial charge in [-0.05, 0) is 37.0 Å². The van der Waals surface area contributed by atoms with Gasteiger partial charge < -0.3 is 10.6 Å². The Labute approximate surface area is 113 Å². The molecular weight excluding hydrogens is 246 g/mol. The van der Waals surface area contributed by atoms with Crippen molar-refractivity contribution in [3.63, 3.8) is 0 Å². The van der Waals surface area contributed by atoms with E-state index in [-0.39, 0.29) is 5.91 Å². The van der Waals surface area contributed by atoms with E-state index in [1.54, 1.807) is 24.0 Å². The third kappa shape index (κ3) is 5.40. The molecule has 1 heterocycles. The first-order valence-electron chi connectivity index (χ1n) is 6.25. The van der Waals surface area contributed by atoms with Crippen LogP contribution in [-0.4, -0.2) is 36.0 Å². The number of pyridine rings is 1. The molecule has 0 saturated heterocycles. The fourth-order valence-corrected chi connectivity index (χ4v) is 1.88. The number of anilines is 1. The number of thioether (sulfide) groups is 1. The van der Waals surface area contributed by atoms with Gasteiger partial charge in [-0.2, -0.15) is 11.8 Å². The van der Waals surface area contributed by atoms with E-state index < -0.39 is 0 Å². The van der Waals surface area contributed by atoms with Crippen molar-refractivity contribution in [2.24, 2.45) is 0 Å². The van der Waals surface area contributed by atoms with Crippen LogP contribution in [0.4, 0.5) is 5.69 Å². The number of rotatable bonds is 8. The van der Waals surface area contributed by atoms with Crippen LogP contribution in [0.15, 0.2) is 18.3 Å². The van der Waals surface area contributed by atoms with Crippen molar-refractivity contribution in [3.05, 3.63) is 24.0 Å². The molecule has 1 amide bonds. The van der Waals surface area contributed by atoms with Crippen LogP contribution in [0.3, 0.4) is 0 Å². The Bertz CT molecular complexity index is 371. The predicted octanol–water partition coefficient (Wildman–Crippen LogP) is 2.39. The van der Waals surface area contributed by atoms with Crippen molar-refractivity contribution in [1.29, 1.82) is 0 Å². The monoisotopic (exact) mass is 267 g/mol. The molecule has 0 aliphatic heterocycles. The van der Waals surface area contributed by atoms with Crippen LogP contribution in [-0.2, 0) is 0 Å². The van der Waals surface area contributed by atoms with Crippen LogP contribution in [0.1, 0.15) is 30.3 Å². The highest BCUT2D eigenvalue weighted by Gasteiger charge is 2.06. The highest BCUT2D eigenvalue weighted by Crippen LogP contribution is 2.07. The number of nitrogens with zero attached hydrogens (tertiary/aromatic N) is 1. The molecule has 1 rings (SSSR count). The topological polar surface area (TPSA) is 54.0 Å². The van der Waals surface area contributed by atoms with Crippen molar-refractivity contribution in [1.82, 2.24) is 10.3 Å². The quantitative estimate of drug-likeness (QED) is 0.710. The summed E-state index contributed by atoms with van der Waals surface area (Å²) in [6.45, 7) is 3.71. The largest absolute Gasteiger partial charge is 0.385 e. The molecule has 100 valence electrons. The van der Waals surface area contributed by atoms with Gasteiger partial charge in [0.1, 0.15) is 5.69 Å². The van der Waals surface area contributed by atoms with Gasteiger partial charge in [0, 0.05) is 25.0 Å². The number of nitrogens with one attached hydrogen (secondary N) is 2. The smallest absolute Gasteiger partial charge is 0.269 e. The number of aromatic nitrogens is 1. The van der Waals surface area contributed by atoms with Gasteiger partial charge in [-0.15, -0.1) is 0 Å². The van der Waals surface area contributed by atoms with Crippen LogP contribution in [0.5, 0.6) is 0 Å². The average molecular weight is 267 g/mol. The zero-order valence-electron chi connectivity index (χ0n) is 11.0. The summed E-state index contributed by atoms with van der Waals surface area (Å²) in [4.78, 5) is 15.9. The van der Waals surface area contributed by atoms with E-state index in [0.29, 0.717) is 12.2 Å². The standard InChI is InChI=1S/C13H21N3OS/c1-3-6-14-11-5-8-15-12(10-11)13(17)16-7-4-9-18-2/h5,8,10H,3-4,6-7,9H2,1-2H3,(H,14,15)(H,16,17). The zero-order chi connectivity index (χ0) is 13.2. The van der Waals surface area contributed by atoms with E-state index in [9.17, 15) is 4.79 Å². The number of carbonyl (C=O) groups excluding carboxylic acids is 1. The molecule has 0 unspecified atom stereocenters. The van der Waals surface area contributed by atoms with Gasteiger partial charge in [0.2, 0.25) is 0 Å². The summed E-state index contributed by atoms with van der Waals surface area (Å²) >= 11 is 1.78. The maximum Gasteiger partial charge on any atom is 0.269 e. The van der Waals surface area contributed by atoms with Gasteiger partial charge in [0.05, 0.1) is 0 Å². The fraction of sp³-hybridized carbons (Fsp3) is 0.538. The highest BCUT2D eigenvalue weighted by molar-refractivity contribution is 7.98. The summed E-state index contributed by atoms with van der Waals surface area (Å²) in [7, 11) is 0. The zero-order valence-corrected chi connectivity index (χ0v) is 11.8. The molecule has 4 nitrogen and oxygen atoms in total. The van der Waals surface area contributed by atoms with E-state index in [0.717, 1.165) is 30.8 Å². The Morgan fingerprint density at radius 2 is 2.28 bits per heavy atom. The molecule has 0 aliphatic carbocycles. The molecule has 18 heavy (non-hydrogen) atoms. The van der Waals surface area contributed by atoms with Gasteiger partial charge in [0.25, 0.3) is 5.91 Å². The van der Waals surface area contributed by atoms with Gasteiger partial charge in [-0.3, -0.25) is 9.78 Å². The van der Waals surface area contributed by atoms with Gasteiger partial charge in [0.15, 0.2) is 0 Å². The van der Waals surface area contributed by atoms with Crippen LogP contribution in [0.2, 0.25) is 0 Å². The second-order valence-electron chi connectivity index (χ2n) is 3.96. The van der Waals surface area contributed by atoms with Crippen molar-refractivity contribution < 1.29 is 4.79 Å². The Morgan fingerprint density at radius 3 is 3.00 bits per heavy atom. The lowest BCUT2D eigenvalue weighted by molar-refractivity contribution is 0.0949. The van der Waals surface area contributed by atoms with E-state index in [2.05, 4.69) is 28.8 Å². The fourth-order valence-electron chi connectivity index (χ4n) is 1.44. The molecule has 2 N–H and O–H groups in total. The summed E-state index contributed by atoms with van der Waals surface area (Å²) in [5.41, 5.74) is 1.42. The molecule has 0 radical (unpaired) electrons. The molecule has 0 spiro atoms. The molecular formula is C13H21N3OS. The van der Waals surface area contributed by atoms with Crippen molar-refractivity contribution in [2.75, 3.05) is 30.4 Å². The maximum atomic E-state index is 11.8. The Balaban J connectivity index is 2.46. The molecule has 0 atom stereocenters. The normalized spacial score (nSPS) is 10.1. The van der Waals surface area contributed by atoms with E-state index in [4.69, 9.17) is 0 Å². The second-order valence-corrected chi connectivity index (χ2v) is 4.94. The van der Waals surface area contributed by atoms with Gasteiger partial charge >= 0.3 is 0 Å². The molecule has 1 aromatic heterocycles. The van der Waals surface area contributed by atoms with Crippen LogP contribution < -0.4 is 10.6 Å². The van der Waals surface area contributed by atoms with Crippen molar-refractivity contribution in [3.8, 4) is 0 Å². The summed E-state index contributed by atoms with van der Waals surface area (Å²) in [6.07, 6.45) is 5.76. The number of amides is 1. The molecule has 5 heteroatoms. The molecule has 0 bridgehead atoms. The minimum Gasteiger partial charge on any atom is -0.385 e. The third-order valence-electron chi connectivity index (χ3n) is 2.38. The first-order chi connectivity index (χ1) is 8.77. The number of hydrogen-bond donors (Lipinski definition) is 2. The lowest BCUT2D eigenvalue weighted by atomic mass is 10.3. The Kier molecular flexibility index (Phi) is 7.25. The molecule has 0 aliphatic rings. The molecule has 0 aromatic carbocycles. The molecule has 0 saturated carbocycles. The number of carbonyl (C=O) groups is 1. The summed E-state index contributed by atoms with van der Waals surface area (Å²) in [5, 5.41) is 6.12. The predicted molar refractivity (Wildman–Crippen MR) is 78.3 cm³/mol. The van der Waals surface area contributed by atoms with E-state index >= 15 is 0 Å². The van der Waals surface area contributed by atoms with Crippen LogP contribution >= 0.6 is 11.8 Å². The van der Waals surface area contributed by atoms with E-state index in [1.807, 2.05) is 6.07 Å². The van der Waals surface area contributed by atoms with E-state index in [1.165, 1.54) is 0 Å². The summed E-state index contributed by atoms with van der Waals surface area (Å²) in [5.74, 6) is 0.961. The lowest BCUT2D eigenvalue weighted by Gasteiger charge is -2.07. The summed E-state index contributed by atoms with van der Waals surface area (Å²) < 4.78 is 0. The third-order valence-corrected chi connectivity index (χ3v) is 3.08. The minimum absolute atomic E-state index is 0.101. The lowest BCUT2D eigenvalue weighted by Crippen LogP contribution is -2.25. The van der Waals surface area contributed by atoms with Gasteiger partial charge in [-0.25, -0.2) is 0 Å². The SMILES string of the molecule is CCCNc1ccnc(C(=O)NCCCSC)c1. The molecule has 1 aromatic rings. The Morgan fingerprint density at radius 1 is 1.44 bits per heavy atom. The van der Waals surface area contributed by atoms with Crippen molar-refractivity contribution in [2.45, 2.75) is 19.8 Å². The first-order valence-corrected chi connectivity index (χ1v) is 7.64.